The van der Waals surface area contributed by atoms with Crippen LogP contribution in [0.15, 0.2) is 36.4 Å². The van der Waals surface area contributed by atoms with Crippen LogP contribution in [0.2, 0.25) is 0 Å². The van der Waals surface area contributed by atoms with Crippen LogP contribution < -0.4 is 0 Å². The highest BCUT2D eigenvalue weighted by Crippen LogP contribution is 2.30. The first-order chi connectivity index (χ1) is 12.0. The molecule has 1 amide bonds. The smallest absolute Gasteiger partial charge is 0.222 e. The van der Waals surface area contributed by atoms with Gasteiger partial charge in [0.05, 0.1) is 12.6 Å². The number of nitrogens with zero attached hydrogens (tertiary/aromatic N) is 2. The number of carbonyl (C=O) groups excluding carboxylic acids is 1. The van der Waals surface area contributed by atoms with Gasteiger partial charge in [-0.3, -0.25) is 4.79 Å². The van der Waals surface area contributed by atoms with Crippen molar-refractivity contribution in [2.75, 3.05) is 13.1 Å². The molecule has 6 heteroatoms. The van der Waals surface area contributed by atoms with Crippen LogP contribution in [0.4, 0.5) is 8.78 Å². The monoisotopic (exact) mass is 344 g/mol. The van der Waals surface area contributed by atoms with Crippen molar-refractivity contribution < 1.29 is 18.7 Å². The Hall–Kier alpha value is -2.47. The summed E-state index contributed by atoms with van der Waals surface area (Å²) in [7, 11) is 0. The second-order valence-electron chi connectivity index (χ2n) is 6.53. The average molecular weight is 344 g/mol. The lowest BCUT2D eigenvalue weighted by Gasteiger charge is -2.21. The fourth-order valence-electron chi connectivity index (χ4n) is 3.67. The quantitative estimate of drug-likeness (QED) is 0.791. The summed E-state index contributed by atoms with van der Waals surface area (Å²) in [6, 6.07) is 8.73. The van der Waals surface area contributed by atoms with E-state index in [0.29, 0.717) is 23.7 Å². The molecule has 3 aromatic rings. The molecule has 1 aliphatic rings. The molecule has 4 nitrogen and oxygen atoms in total. The highest BCUT2D eigenvalue weighted by molar-refractivity contribution is 6.08. The molecule has 1 aromatic heterocycles. The van der Waals surface area contributed by atoms with Crippen molar-refractivity contribution in [2.45, 2.75) is 25.5 Å². The van der Waals surface area contributed by atoms with Gasteiger partial charge in [-0.2, -0.15) is 0 Å². The molecule has 1 N–H and O–H groups in total. The van der Waals surface area contributed by atoms with Crippen LogP contribution in [0.25, 0.3) is 21.8 Å². The fraction of sp³-hybridized carbons (Fsp3) is 0.316. The lowest BCUT2D eigenvalue weighted by Crippen LogP contribution is -2.35. The summed E-state index contributed by atoms with van der Waals surface area (Å²) in [5.74, 6) is -0.719. The van der Waals surface area contributed by atoms with E-state index < -0.39 is 6.10 Å². The molecule has 1 fully saturated rings. The summed E-state index contributed by atoms with van der Waals surface area (Å²) in [6.07, 6.45) is 0.594. The predicted octanol–water partition coefficient (Wildman–Crippen LogP) is 3.06. The largest absolute Gasteiger partial charge is 0.389 e. The van der Waals surface area contributed by atoms with Gasteiger partial charge in [0.2, 0.25) is 5.91 Å². The van der Waals surface area contributed by atoms with Crippen molar-refractivity contribution in [1.29, 1.82) is 0 Å². The maximum atomic E-state index is 13.7. The van der Waals surface area contributed by atoms with Crippen LogP contribution in [-0.2, 0) is 11.3 Å². The van der Waals surface area contributed by atoms with Crippen molar-refractivity contribution in [2.24, 2.45) is 0 Å². The molecule has 1 unspecified atom stereocenters. The molecule has 1 aliphatic heterocycles. The molecule has 4 rings (SSSR count). The highest BCUT2D eigenvalue weighted by Gasteiger charge is 2.23. The van der Waals surface area contributed by atoms with E-state index in [9.17, 15) is 18.7 Å². The first-order valence-electron chi connectivity index (χ1n) is 8.36. The number of aliphatic hydroxyl groups is 1. The van der Waals surface area contributed by atoms with E-state index in [0.717, 1.165) is 17.5 Å². The van der Waals surface area contributed by atoms with Crippen LogP contribution >= 0.6 is 0 Å². The van der Waals surface area contributed by atoms with Crippen molar-refractivity contribution in [3.8, 4) is 0 Å². The molecular weight excluding hydrogens is 326 g/mol. The Bertz CT molecular complexity index is 908. The number of amides is 1. The number of fused-ring (bicyclic) bond motifs is 3. The minimum atomic E-state index is -0.754. The van der Waals surface area contributed by atoms with Gasteiger partial charge in [-0.1, -0.05) is 0 Å². The average Bonchev–Trinajstić information content (AvgIpc) is 3.10. The molecule has 2 aromatic carbocycles. The molecule has 0 aliphatic carbocycles. The maximum absolute atomic E-state index is 13.7. The number of carbonyl (C=O) groups is 1. The van der Waals surface area contributed by atoms with Gasteiger partial charge in [-0.25, -0.2) is 8.78 Å². The van der Waals surface area contributed by atoms with Gasteiger partial charge in [0.1, 0.15) is 11.6 Å². The Kier molecular flexibility index (Phi) is 3.92. The Morgan fingerprint density at radius 3 is 2.12 bits per heavy atom. The molecule has 1 saturated heterocycles. The molecule has 2 heterocycles. The highest BCUT2D eigenvalue weighted by atomic mass is 19.1. The number of benzene rings is 2. The Morgan fingerprint density at radius 2 is 1.60 bits per heavy atom. The van der Waals surface area contributed by atoms with Gasteiger partial charge in [0.15, 0.2) is 0 Å². The number of likely N-dealkylation sites (tertiary alicyclic amines) is 1. The van der Waals surface area contributed by atoms with Crippen LogP contribution in [0.3, 0.4) is 0 Å². The molecule has 0 bridgehead atoms. The molecule has 0 radical (unpaired) electrons. The van der Waals surface area contributed by atoms with Crippen LogP contribution in [0.5, 0.6) is 0 Å². The lowest BCUT2D eigenvalue weighted by molar-refractivity contribution is -0.129. The molecule has 1 atom stereocenters. The summed E-state index contributed by atoms with van der Waals surface area (Å²) < 4.78 is 29.2. The molecule has 0 spiro atoms. The minimum Gasteiger partial charge on any atom is -0.389 e. The molecule has 130 valence electrons. The van der Waals surface area contributed by atoms with E-state index >= 15 is 0 Å². The lowest BCUT2D eigenvalue weighted by atomic mass is 10.1. The van der Waals surface area contributed by atoms with Crippen LogP contribution in [0.1, 0.15) is 12.8 Å². The zero-order valence-corrected chi connectivity index (χ0v) is 13.6. The third kappa shape index (κ3) is 2.87. The van der Waals surface area contributed by atoms with Gasteiger partial charge in [0, 0.05) is 41.3 Å². The van der Waals surface area contributed by atoms with Gasteiger partial charge in [-0.05, 0) is 42.8 Å². The summed E-state index contributed by atoms with van der Waals surface area (Å²) >= 11 is 0. The normalized spacial score (nSPS) is 16.3. The molecule has 0 saturated carbocycles. The molecular formula is C19H18F2N2O2. The number of hydrogen-bond acceptors (Lipinski definition) is 2. The Morgan fingerprint density at radius 1 is 1.00 bits per heavy atom. The number of β-amino-alcohol motifs (C(OH)–C–C–N with tert-alkyl or cyclic N) is 1. The van der Waals surface area contributed by atoms with E-state index in [4.69, 9.17) is 0 Å². The Balaban J connectivity index is 1.73. The number of aromatic nitrogens is 1. The van der Waals surface area contributed by atoms with E-state index in [1.807, 2.05) is 4.57 Å². The summed E-state index contributed by atoms with van der Waals surface area (Å²) in [6.45, 7) is 1.18. The first kappa shape index (κ1) is 16.0. The maximum Gasteiger partial charge on any atom is 0.222 e. The Labute approximate surface area is 143 Å². The van der Waals surface area contributed by atoms with Crippen molar-refractivity contribution in [3.05, 3.63) is 48.0 Å². The van der Waals surface area contributed by atoms with Crippen LogP contribution in [-0.4, -0.2) is 39.7 Å². The van der Waals surface area contributed by atoms with Gasteiger partial charge in [-0.15, -0.1) is 0 Å². The van der Waals surface area contributed by atoms with E-state index in [2.05, 4.69) is 0 Å². The zero-order chi connectivity index (χ0) is 17.6. The fourth-order valence-corrected chi connectivity index (χ4v) is 3.67. The van der Waals surface area contributed by atoms with Crippen molar-refractivity contribution in [3.63, 3.8) is 0 Å². The third-order valence-electron chi connectivity index (χ3n) is 4.78. The SMILES string of the molecule is O=C1CCCN1CC(O)Cn1c2ccc(F)cc2c2cc(F)ccc21. The summed E-state index contributed by atoms with van der Waals surface area (Å²) in [5.41, 5.74) is 1.46. The van der Waals surface area contributed by atoms with E-state index in [-0.39, 0.29) is 30.6 Å². The minimum absolute atomic E-state index is 0.0606. The number of aliphatic hydroxyl groups excluding tert-OH is 1. The number of halogens is 2. The van der Waals surface area contributed by atoms with Crippen molar-refractivity contribution >= 4 is 27.7 Å². The molecule has 25 heavy (non-hydrogen) atoms. The summed E-state index contributed by atoms with van der Waals surface area (Å²) in [4.78, 5) is 13.4. The van der Waals surface area contributed by atoms with Gasteiger partial charge in [0.25, 0.3) is 0 Å². The first-order valence-corrected chi connectivity index (χ1v) is 8.36. The topological polar surface area (TPSA) is 45.5 Å². The summed E-state index contributed by atoms with van der Waals surface area (Å²) in [5, 5.41) is 11.7. The second kappa shape index (κ2) is 6.11. The van der Waals surface area contributed by atoms with E-state index in [1.165, 1.54) is 24.3 Å². The number of hydrogen-bond donors (Lipinski definition) is 1. The second-order valence-corrected chi connectivity index (χ2v) is 6.53. The van der Waals surface area contributed by atoms with Gasteiger partial charge >= 0.3 is 0 Å². The zero-order valence-electron chi connectivity index (χ0n) is 13.6. The van der Waals surface area contributed by atoms with E-state index in [1.54, 1.807) is 17.0 Å². The third-order valence-corrected chi connectivity index (χ3v) is 4.78. The predicted molar refractivity (Wildman–Crippen MR) is 91.2 cm³/mol. The van der Waals surface area contributed by atoms with Crippen molar-refractivity contribution in [1.82, 2.24) is 9.47 Å². The van der Waals surface area contributed by atoms with Crippen LogP contribution in [0, 0.1) is 11.6 Å². The van der Waals surface area contributed by atoms with Gasteiger partial charge < -0.3 is 14.6 Å². The standard InChI is InChI=1S/C19H18F2N2O2/c20-12-3-5-17-15(8-12)16-9-13(21)4-6-18(16)23(17)11-14(24)10-22-7-1-2-19(22)25/h3-6,8-9,14,24H,1-2,7,10-11H2. The number of rotatable bonds is 4.